The van der Waals surface area contributed by atoms with Gasteiger partial charge in [0.15, 0.2) is 0 Å². The quantitative estimate of drug-likeness (QED) is 0.359. The van der Waals surface area contributed by atoms with Gasteiger partial charge in [0.25, 0.3) is 0 Å². The molecule has 2 rings (SSSR count). The molecular formula is C25H41NO5. The standard InChI is InChI=1S/C25H41NO5/c1-16(2)12-13-25(4,5)23(29)11-10-19-20-14-18(31-22(20)15-21(19)28)8-6-7-9-24(30)26-17(3)27/h10-12,18-23,28-29H,6-9,13-15H2,1-5H3,(H,26,27,30)/b11-10+/t18-,19-,20-,21-,22+,23-/m1/s1. The smallest absolute Gasteiger partial charge is 0.226 e. The largest absolute Gasteiger partial charge is 0.392 e. The minimum absolute atomic E-state index is 0.00486. The van der Waals surface area contributed by atoms with E-state index in [1.165, 1.54) is 12.5 Å². The maximum Gasteiger partial charge on any atom is 0.226 e. The van der Waals surface area contributed by atoms with Crippen LogP contribution in [0.3, 0.4) is 0 Å². The van der Waals surface area contributed by atoms with Crippen molar-refractivity contribution in [2.45, 2.75) is 104 Å². The second-order valence-electron chi connectivity index (χ2n) is 10.2. The number of fused-ring (bicyclic) bond motifs is 1. The number of aliphatic hydroxyl groups is 2. The summed E-state index contributed by atoms with van der Waals surface area (Å²) in [6.07, 6.45) is 10.4. The van der Waals surface area contributed by atoms with Gasteiger partial charge in [0, 0.05) is 25.7 Å². The summed E-state index contributed by atoms with van der Waals surface area (Å²) >= 11 is 0. The third kappa shape index (κ3) is 7.85. The Hall–Kier alpha value is -1.50. The average molecular weight is 436 g/mol. The lowest BCUT2D eigenvalue weighted by Crippen LogP contribution is -2.28. The van der Waals surface area contributed by atoms with Crippen molar-refractivity contribution < 1.29 is 24.5 Å². The third-order valence-corrected chi connectivity index (χ3v) is 6.64. The van der Waals surface area contributed by atoms with E-state index >= 15 is 0 Å². The van der Waals surface area contributed by atoms with Gasteiger partial charge in [0.1, 0.15) is 0 Å². The molecule has 6 heteroatoms. The van der Waals surface area contributed by atoms with Gasteiger partial charge < -0.3 is 14.9 Å². The lowest BCUT2D eigenvalue weighted by molar-refractivity contribution is -0.129. The van der Waals surface area contributed by atoms with Gasteiger partial charge in [-0.15, -0.1) is 0 Å². The van der Waals surface area contributed by atoms with Crippen molar-refractivity contribution in [3.8, 4) is 0 Å². The Morgan fingerprint density at radius 2 is 1.90 bits per heavy atom. The van der Waals surface area contributed by atoms with E-state index < -0.39 is 12.2 Å². The van der Waals surface area contributed by atoms with Gasteiger partial charge in [-0.2, -0.15) is 0 Å². The molecule has 1 heterocycles. The van der Waals surface area contributed by atoms with Gasteiger partial charge in [-0.1, -0.05) is 44.1 Å². The summed E-state index contributed by atoms with van der Waals surface area (Å²) in [5, 5.41) is 23.5. The number of allylic oxidation sites excluding steroid dienone is 2. The maximum atomic E-state index is 11.5. The Bertz CT molecular complexity index is 679. The third-order valence-electron chi connectivity index (χ3n) is 6.64. The van der Waals surface area contributed by atoms with Crippen LogP contribution in [0.25, 0.3) is 0 Å². The molecule has 176 valence electrons. The fourth-order valence-corrected chi connectivity index (χ4v) is 4.63. The molecule has 31 heavy (non-hydrogen) atoms. The molecule has 2 amide bonds. The maximum absolute atomic E-state index is 11.5. The Balaban J connectivity index is 1.82. The number of nitrogens with one attached hydrogen (secondary N) is 1. The predicted molar refractivity (Wildman–Crippen MR) is 121 cm³/mol. The summed E-state index contributed by atoms with van der Waals surface area (Å²) in [6, 6.07) is 0. The number of carbonyl (C=O) groups is 2. The lowest BCUT2D eigenvalue weighted by Gasteiger charge is -2.28. The van der Waals surface area contributed by atoms with Crippen LogP contribution in [0.2, 0.25) is 0 Å². The summed E-state index contributed by atoms with van der Waals surface area (Å²) in [4.78, 5) is 22.4. The van der Waals surface area contributed by atoms with E-state index in [4.69, 9.17) is 4.74 Å². The van der Waals surface area contributed by atoms with Crippen LogP contribution in [0, 0.1) is 17.3 Å². The first-order valence-corrected chi connectivity index (χ1v) is 11.6. The van der Waals surface area contributed by atoms with Crippen LogP contribution in [0.15, 0.2) is 23.8 Å². The van der Waals surface area contributed by atoms with Gasteiger partial charge in [0.05, 0.1) is 24.4 Å². The number of hydrogen-bond acceptors (Lipinski definition) is 5. The van der Waals surface area contributed by atoms with Crippen molar-refractivity contribution in [3.63, 3.8) is 0 Å². The van der Waals surface area contributed by atoms with E-state index in [1.54, 1.807) is 0 Å². The Morgan fingerprint density at radius 3 is 2.55 bits per heavy atom. The molecular weight excluding hydrogens is 394 g/mol. The number of rotatable bonds is 10. The normalized spacial score (nSPS) is 29.1. The van der Waals surface area contributed by atoms with Gasteiger partial charge in [0.2, 0.25) is 11.8 Å². The summed E-state index contributed by atoms with van der Waals surface area (Å²) < 4.78 is 6.18. The van der Waals surface area contributed by atoms with Crippen molar-refractivity contribution in [2.75, 3.05) is 0 Å². The molecule has 1 saturated carbocycles. The zero-order valence-electron chi connectivity index (χ0n) is 19.8. The van der Waals surface area contributed by atoms with Crippen molar-refractivity contribution in [3.05, 3.63) is 23.8 Å². The second kappa shape index (κ2) is 11.4. The number of carbonyl (C=O) groups excluding carboxylic acids is 2. The molecule has 0 spiro atoms. The zero-order chi connectivity index (χ0) is 23.2. The molecule has 0 unspecified atom stereocenters. The molecule has 0 radical (unpaired) electrons. The highest BCUT2D eigenvalue weighted by molar-refractivity contribution is 5.93. The monoisotopic (exact) mass is 435 g/mol. The van der Waals surface area contributed by atoms with Crippen LogP contribution in [0.1, 0.15) is 79.6 Å². The SMILES string of the molecule is CC(=O)NC(=O)CCCC[C@@H]1C[C@@H]2[C@@H](/C=C/[C@@H](O)C(C)(C)CC=C(C)C)[C@H](O)C[C@@H]2O1. The molecule has 1 aliphatic carbocycles. The molecule has 6 nitrogen and oxygen atoms in total. The highest BCUT2D eigenvalue weighted by Gasteiger charge is 2.47. The molecule has 0 aromatic heterocycles. The number of unbranched alkanes of at least 4 members (excludes halogenated alkanes) is 1. The molecule has 6 atom stereocenters. The zero-order valence-corrected chi connectivity index (χ0v) is 19.8. The Morgan fingerprint density at radius 1 is 1.19 bits per heavy atom. The molecule has 1 aliphatic heterocycles. The second-order valence-corrected chi connectivity index (χ2v) is 10.2. The van der Waals surface area contributed by atoms with E-state index in [2.05, 4.69) is 39.1 Å². The molecule has 0 aromatic rings. The summed E-state index contributed by atoms with van der Waals surface area (Å²) in [5.41, 5.74) is 0.979. The van der Waals surface area contributed by atoms with E-state index in [-0.39, 0.29) is 41.3 Å². The molecule has 0 bridgehead atoms. The molecule has 2 aliphatic rings. The number of aliphatic hydroxyl groups excluding tert-OH is 2. The minimum atomic E-state index is -0.575. The molecule has 1 saturated heterocycles. The summed E-state index contributed by atoms with van der Waals surface area (Å²) in [7, 11) is 0. The van der Waals surface area contributed by atoms with Crippen LogP contribution in [0.4, 0.5) is 0 Å². The first-order valence-electron chi connectivity index (χ1n) is 11.6. The van der Waals surface area contributed by atoms with Crippen LogP contribution in [-0.4, -0.2) is 46.4 Å². The summed E-state index contributed by atoms with van der Waals surface area (Å²) in [5.74, 6) is -0.272. The first kappa shape index (κ1) is 25.8. The number of ether oxygens (including phenoxy) is 1. The number of hydrogen-bond donors (Lipinski definition) is 3. The minimum Gasteiger partial charge on any atom is -0.392 e. The first-order chi connectivity index (χ1) is 14.5. The average Bonchev–Trinajstić information content (AvgIpc) is 3.17. The van der Waals surface area contributed by atoms with Gasteiger partial charge >= 0.3 is 0 Å². The Labute approximate surface area is 187 Å². The fraction of sp³-hybridized carbons (Fsp3) is 0.760. The van der Waals surface area contributed by atoms with Crippen molar-refractivity contribution >= 4 is 11.8 Å². The lowest BCUT2D eigenvalue weighted by atomic mass is 9.81. The van der Waals surface area contributed by atoms with E-state index in [0.717, 1.165) is 32.1 Å². The molecule has 0 aromatic carbocycles. The Kier molecular flexibility index (Phi) is 9.46. The predicted octanol–water partition coefficient (Wildman–Crippen LogP) is 3.66. The number of amides is 2. The van der Waals surface area contributed by atoms with Crippen molar-refractivity contribution in [2.24, 2.45) is 17.3 Å². The van der Waals surface area contributed by atoms with Crippen molar-refractivity contribution in [1.29, 1.82) is 0 Å². The van der Waals surface area contributed by atoms with E-state index in [9.17, 15) is 19.8 Å². The van der Waals surface area contributed by atoms with E-state index in [0.29, 0.717) is 12.8 Å². The van der Waals surface area contributed by atoms with Gasteiger partial charge in [-0.05, 0) is 50.9 Å². The van der Waals surface area contributed by atoms with Crippen LogP contribution < -0.4 is 5.32 Å². The van der Waals surface area contributed by atoms with Crippen LogP contribution >= 0.6 is 0 Å². The molecule has 2 fully saturated rings. The van der Waals surface area contributed by atoms with Gasteiger partial charge in [-0.3, -0.25) is 14.9 Å². The highest BCUT2D eigenvalue weighted by atomic mass is 16.5. The summed E-state index contributed by atoms with van der Waals surface area (Å²) in [6.45, 7) is 9.57. The fourth-order valence-electron chi connectivity index (χ4n) is 4.63. The van der Waals surface area contributed by atoms with Gasteiger partial charge in [-0.25, -0.2) is 0 Å². The molecule has 3 N–H and O–H groups in total. The number of imide groups is 1. The van der Waals surface area contributed by atoms with Crippen LogP contribution in [-0.2, 0) is 14.3 Å². The van der Waals surface area contributed by atoms with Crippen LogP contribution in [0.5, 0.6) is 0 Å². The van der Waals surface area contributed by atoms with Crippen molar-refractivity contribution in [1.82, 2.24) is 5.32 Å². The van der Waals surface area contributed by atoms with E-state index in [1.807, 2.05) is 12.2 Å². The highest BCUT2D eigenvalue weighted by Crippen LogP contribution is 2.45. The topological polar surface area (TPSA) is 95.9 Å².